The highest BCUT2D eigenvalue weighted by atomic mass is 14.9. The molecule has 0 fully saturated rings. The van der Waals surface area contributed by atoms with Gasteiger partial charge in [-0.2, -0.15) is 0 Å². The molecule has 15 heavy (non-hydrogen) atoms. The number of nitrogens with one attached hydrogen (secondary N) is 2. The van der Waals surface area contributed by atoms with Crippen LogP contribution < -0.4 is 10.6 Å². The Morgan fingerprint density at radius 3 is 2.60 bits per heavy atom. The minimum Gasteiger partial charge on any atom is -0.387 e. The van der Waals surface area contributed by atoms with Crippen LogP contribution in [0.15, 0.2) is 18.5 Å². The highest BCUT2D eigenvalue weighted by Gasteiger charge is 2.04. The molecule has 0 saturated heterocycles. The Hall–Kier alpha value is -1.25. The average molecular weight is 207 g/mol. The molecule has 1 atom stereocenters. The maximum atomic E-state index is 4.18. The average Bonchev–Trinajstić information content (AvgIpc) is 2.29. The summed E-state index contributed by atoms with van der Waals surface area (Å²) in [4.78, 5) is 4.18. The number of hydrogen-bond acceptors (Lipinski definition) is 3. The van der Waals surface area contributed by atoms with E-state index >= 15 is 0 Å². The molecule has 1 aromatic heterocycles. The van der Waals surface area contributed by atoms with Crippen molar-refractivity contribution in [1.29, 1.82) is 0 Å². The van der Waals surface area contributed by atoms with Crippen LogP contribution in [0, 0.1) is 0 Å². The van der Waals surface area contributed by atoms with Crippen molar-refractivity contribution in [3.8, 4) is 0 Å². The van der Waals surface area contributed by atoms with Gasteiger partial charge in [0.05, 0.1) is 23.8 Å². The van der Waals surface area contributed by atoms with Gasteiger partial charge in [-0.3, -0.25) is 4.98 Å². The third-order valence-corrected chi connectivity index (χ3v) is 2.53. The van der Waals surface area contributed by atoms with E-state index in [1.807, 2.05) is 19.4 Å². The molecule has 2 N–H and O–H groups in total. The third-order valence-electron chi connectivity index (χ3n) is 2.53. The second-order valence-electron chi connectivity index (χ2n) is 3.75. The SMILES string of the molecule is CCCC(CC)Nc1cncc(NC)c1. The summed E-state index contributed by atoms with van der Waals surface area (Å²) < 4.78 is 0. The van der Waals surface area contributed by atoms with E-state index in [-0.39, 0.29) is 0 Å². The fraction of sp³-hybridized carbons (Fsp3) is 0.583. The molecule has 0 spiro atoms. The molecule has 84 valence electrons. The minimum absolute atomic E-state index is 0.559. The van der Waals surface area contributed by atoms with Gasteiger partial charge in [0.15, 0.2) is 0 Å². The molecular formula is C12H21N3. The van der Waals surface area contributed by atoms with Crippen LogP contribution in [0.3, 0.4) is 0 Å². The molecule has 0 aliphatic rings. The summed E-state index contributed by atoms with van der Waals surface area (Å²) in [6.07, 6.45) is 7.27. The molecular weight excluding hydrogens is 186 g/mol. The maximum Gasteiger partial charge on any atom is 0.0549 e. The van der Waals surface area contributed by atoms with E-state index in [0.717, 1.165) is 17.8 Å². The number of pyridine rings is 1. The smallest absolute Gasteiger partial charge is 0.0549 e. The summed E-state index contributed by atoms with van der Waals surface area (Å²) >= 11 is 0. The largest absolute Gasteiger partial charge is 0.387 e. The molecule has 0 radical (unpaired) electrons. The Bertz CT molecular complexity index is 286. The fourth-order valence-corrected chi connectivity index (χ4v) is 1.62. The molecule has 0 aliphatic heterocycles. The van der Waals surface area contributed by atoms with E-state index in [1.54, 1.807) is 0 Å². The van der Waals surface area contributed by atoms with E-state index in [9.17, 15) is 0 Å². The lowest BCUT2D eigenvalue weighted by atomic mass is 10.1. The quantitative estimate of drug-likeness (QED) is 0.752. The Morgan fingerprint density at radius 2 is 2.00 bits per heavy atom. The summed E-state index contributed by atoms with van der Waals surface area (Å²) in [6, 6.07) is 2.65. The molecule has 1 heterocycles. The van der Waals surface area contributed by atoms with Crippen molar-refractivity contribution in [3.63, 3.8) is 0 Å². The van der Waals surface area contributed by atoms with Gasteiger partial charge in [-0.05, 0) is 18.9 Å². The summed E-state index contributed by atoms with van der Waals surface area (Å²) in [7, 11) is 1.91. The van der Waals surface area contributed by atoms with Crippen molar-refractivity contribution in [1.82, 2.24) is 4.98 Å². The van der Waals surface area contributed by atoms with Crippen LogP contribution in [0.4, 0.5) is 11.4 Å². The van der Waals surface area contributed by atoms with Gasteiger partial charge in [0, 0.05) is 13.1 Å². The van der Waals surface area contributed by atoms with Crippen molar-refractivity contribution in [2.45, 2.75) is 39.2 Å². The van der Waals surface area contributed by atoms with Crippen LogP contribution in [-0.2, 0) is 0 Å². The Labute approximate surface area is 92.3 Å². The first-order chi connectivity index (χ1) is 7.30. The zero-order valence-electron chi connectivity index (χ0n) is 9.88. The van der Waals surface area contributed by atoms with Gasteiger partial charge in [-0.15, -0.1) is 0 Å². The Balaban J connectivity index is 2.61. The van der Waals surface area contributed by atoms with Crippen LogP contribution >= 0.6 is 0 Å². The Kier molecular flexibility index (Phi) is 4.95. The van der Waals surface area contributed by atoms with Crippen molar-refractivity contribution in [2.24, 2.45) is 0 Å². The number of aromatic nitrogens is 1. The lowest BCUT2D eigenvalue weighted by Gasteiger charge is -2.17. The van der Waals surface area contributed by atoms with Crippen LogP contribution in [-0.4, -0.2) is 18.1 Å². The zero-order chi connectivity index (χ0) is 11.1. The van der Waals surface area contributed by atoms with Gasteiger partial charge in [0.1, 0.15) is 0 Å². The molecule has 0 amide bonds. The topological polar surface area (TPSA) is 37.0 Å². The monoisotopic (exact) mass is 207 g/mol. The predicted octanol–water partition coefficient (Wildman–Crippen LogP) is 3.11. The summed E-state index contributed by atoms with van der Waals surface area (Å²) in [6.45, 7) is 4.43. The van der Waals surface area contributed by atoms with E-state index in [2.05, 4.69) is 35.5 Å². The van der Waals surface area contributed by atoms with E-state index in [4.69, 9.17) is 0 Å². The van der Waals surface area contributed by atoms with E-state index < -0.39 is 0 Å². The summed E-state index contributed by atoms with van der Waals surface area (Å²) in [5.74, 6) is 0. The minimum atomic E-state index is 0.559. The van der Waals surface area contributed by atoms with Crippen LogP contribution in [0.1, 0.15) is 33.1 Å². The summed E-state index contributed by atoms with van der Waals surface area (Å²) in [5, 5.41) is 6.59. The van der Waals surface area contributed by atoms with Crippen molar-refractivity contribution < 1.29 is 0 Å². The maximum absolute atomic E-state index is 4.18. The first-order valence-corrected chi connectivity index (χ1v) is 5.69. The van der Waals surface area contributed by atoms with E-state index in [0.29, 0.717) is 6.04 Å². The number of anilines is 2. The molecule has 3 heteroatoms. The molecule has 0 aliphatic carbocycles. The molecule has 0 aromatic carbocycles. The second kappa shape index (κ2) is 6.27. The number of rotatable bonds is 6. The highest BCUT2D eigenvalue weighted by Crippen LogP contribution is 2.15. The van der Waals surface area contributed by atoms with Gasteiger partial charge in [-0.1, -0.05) is 20.3 Å². The Morgan fingerprint density at radius 1 is 1.27 bits per heavy atom. The first kappa shape index (κ1) is 11.8. The van der Waals surface area contributed by atoms with Crippen LogP contribution in [0.5, 0.6) is 0 Å². The van der Waals surface area contributed by atoms with Crippen LogP contribution in [0.2, 0.25) is 0 Å². The molecule has 0 saturated carbocycles. The third kappa shape index (κ3) is 3.78. The standard InChI is InChI=1S/C12H21N3/c1-4-6-10(5-2)15-12-7-11(13-3)8-14-9-12/h7-10,13,15H,4-6H2,1-3H3. The molecule has 1 rings (SSSR count). The lowest BCUT2D eigenvalue weighted by Crippen LogP contribution is -2.18. The van der Waals surface area contributed by atoms with Gasteiger partial charge in [0.2, 0.25) is 0 Å². The van der Waals surface area contributed by atoms with Crippen molar-refractivity contribution in [3.05, 3.63) is 18.5 Å². The van der Waals surface area contributed by atoms with Crippen molar-refractivity contribution >= 4 is 11.4 Å². The van der Waals surface area contributed by atoms with Crippen molar-refractivity contribution in [2.75, 3.05) is 17.7 Å². The second-order valence-corrected chi connectivity index (χ2v) is 3.75. The molecule has 0 bridgehead atoms. The van der Waals surface area contributed by atoms with Crippen LogP contribution in [0.25, 0.3) is 0 Å². The predicted molar refractivity (Wildman–Crippen MR) is 66.4 cm³/mol. The number of nitrogens with zero attached hydrogens (tertiary/aromatic N) is 1. The highest BCUT2D eigenvalue weighted by molar-refractivity contribution is 5.53. The zero-order valence-corrected chi connectivity index (χ0v) is 9.88. The fourth-order valence-electron chi connectivity index (χ4n) is 1.62. The van der Waals surface area contributed by atoms with Gasteiger partial charge < -0.3 is 10.6 Å². The van der Waals surface area contributed by atoms with Gasteiger partial charge in [0.25, 0.3) is 0 Å². The normalized spacial score (nSPS) is 12.2. The van der Waals surface area contributed by atoms with Gasteiger partial charge in [-0.25, -0.2) is 0 Å². The molecule has 1 unspecified atom stereocenters. The van der Waals surface area contributed by atoms with E-state index in [1.165, 1.54) is 12.8 Å². The lowest BCUT2D eigenvalue weighted by molar-refractivity contribution is 0.622. The first-order valence-electron chi connectivity index (χ1n) is 5.69. The number of hydrogen-bond donors (Lipinski definition) is 2. The summed E-state index contributed by atoms with van der Waals surface area (Å²) in [5.41, 5.74) is 2.15. The molecule has 1 aromatic rings. The van der Waals surface area contributed by atoms with Gasteiger partial charge >= 0.3 is 0 Å². The molecule has 3 nitrogen and oxygen atoms in total.